The Morgan fingerprint density at radius 2 is 1.69 bits per heavy atom. The van der Waals surface area contributed by atoms with Crippen LogP contribution in [-0.4, -0.2) is 57.0 Å². The number of aliphatic carboxylic acids is 1. The molecule has 3 N–H and O–H groups in total. The Bertz CT molecular complexity index is 1150. The SMILES string of the molecule is CC(=O)O.CN=C1SC(C(=O)Nc2ccc(C(=O)O)cc2)CC(=O)N1c1ccc(OC(F)(F)Cl)cc1. The van der Waals surface area contributed by atoms with Gasteiger partial charge in [-0.3, -0.25) is 24.3 Å². The monoisotopic (exact) mass is 543 g/mol. The van der Waals surface area contributed by atoms with Crippen molar-refractivity contribution in [2.45, 2.75) is 24.2 Å². The fourth-order valence-electron chi connectivity index (χ4n) is 2.85. The summed E-state index contributed by atoms with van der Waals surface area (Å²) in [5.74, 6) is -2.97. The predicted octanol–water partition coefficient (Wildman–Crippen LogP) is 4.11. The van der Waals surface area contributed by atoms with Gasteiger partial charge in [-0.25, -0.2) is 4.79 Å². The zero-order valence-corrected chi connectivity index (χ0v) is 20.3. The van der Waals surface area contributed by atoms with Gasteiger partial charge in [-0.15, -0.1) is 8.78 Å². The van der Waals surface area contributed by atoms with Crippen LogP contribution in [0.3, 0.4) is 0 Å². The van der Waals surface area contributed by atoms with Gasteiger partial charge in [0.1, 0.15) is 11.0 Å². The molecule has 1 aliphatic rings. The molecule has 0 aliphatic carbocycles. The predicted molar refractivity (Wildman–Crippen MR) is 130 cm³/mol. The van der Waals surface area contributed by atoms with Crippen LogP contribution >= 0.6 is 23.4 Å². The summed E-state index contributed by atoms with van der Waals surface area (Å²) >= 11 is 5.81. The number of carbonyl (C=O) groups is 4. The van der Waals surface area contributed by atoms with Crippen LogP contribution in [-0.2, 0) is 14.4 Å². The summed E-state index contributed by atoms with van der Waals surface area (Å²) in [6.07, 6.45) is -0.138. The van der Waals surface area contributed by atoms with Crippen LogP contribution in [0.5, 0.6) is 5.75 Å². The molecule has 1 fully saturated rings. The lowest BCUT2D eigenvalue weighted by Crippen LogP contribution is -2.45. The number of nitrogens with one attached hydrogen (secondary N) is 1. The second-order valence-electron chi connectivity index (χ2n) is 6.98. The second-order valence-corrected chi connectivity index (χ2v) is 8.59. The first kappa shape index (κ1) is 28.5. The highest BCUT2D eigenvalue weighted by Gasteiger charge is 2.36. The van der Waals surface area contributed by atoms with Gasteiger partial charge in [0.2, 0.25) is 11.8 Å². The lowest BCUT2D eigenvalue weighted by molar-refractivity contribution is -0.134. The molecule has 0 bridgehead atoms. The Labute approximate surface area is 212 Å². The molecule has 0 radical (unpaired) electrons. The number of halogens is 3. The largest absolute Gasteiger partial charge is 0.487 e. The average molecular weight is 544 g/mol. The van der Waals surface area contributed by atoms with Gasteiger partial charge in [0.25, 0.3) is 5.97 Å². The van der Waals surface area contributed by atoms with Crippen LogP contribution in [0.25, 0.3) is 0 Å². The number of hydrogen-bond donors (Lipinski definition) is 3. The molecule has 10 nitrogen and oxygen atoms in total. The number of alkyl halides is 3. The molecule has 1 atom stereocenters. The quantitative estimate of drug-likeness (QED) is 0.461. The highest BCUT2D eigenvalue weighted by Crippen LogP contribution is 2.33. The molecular formula is C22H20ClF2N3O7S. The van der Waals surface area contributed by atoms with Crippen LogP contribution < -0.4 is 15.0 Å². The van der Waals surface area contributed by atoms with E-state index in [2.05, 4.69) is 15.0 Å². The maximum atomic E-state index is 12.8. The normalized spacial score (nSPS) is 16.6. The van der Waals surface area contributed by atoms with E-state index in [1.807, 2.05) is 0 Å². The molecule has 1 heterocycles. The van der Waals surface area contributed by atoms with E-state index in [4.69, 9.17) is 26.6 Å². The maximum Gasteiger partial charge on any atom is 0.487 e. The van der Waals surface area contributed by atoms with Gasteiger partial charge in [-0.1, -0.05) is 11.8 Å². The number of benzene rings is 2. The minimum absolute atomic E-state index is 0.0763. The van der Waals surface area contributed by atoms with Crippen molar-refractivity contribution in [2.24, 2.45) is 4.99 Å². The summed E-state index contributed by atoms with van der Waals surface area (Å²) in [6.45, 7) is 1.08. The third-order valence-electron chi connectivity index (χ3n) is 4.26. The zero-order chi connectivity index (χ0) is 27.0. The zero-order valence-electron chi connectivity index (χ0n) is 18.8. The molecule has 192 valence electrons. The van der Waals surface area contributed by atoms with E-state index in [1.54, 1.807) is 0 Å². The Morgan fingerprint density at radius 1 is 1.14 bits per heavy atom. The van der Waals surface area contributed by atoms with Gasteiger partial charge in [0.05, 0.1) is 11.3 Å². The fourth-order valence-corrected chi connectivity index (χ4v) is 4.00. The number of carboxylic acids is 2. The highest BCUT2D eigenvalue weighted by molar-refractivity contribution is 8.15. The Kier molecular flexibility index (Phi) is 9.76. The van der Waals surface area contributed by atoms with Crippen molar-refractivity contribution in [1.29, 1.82) is 0 Å². The van der Waals surface area contributed by atoms with Gasteiger partial charge < -0.3 is 20.3 Å². The number of hydrogen-bond acceptors (Lipinski definition) is 7. The molecule has 3 rings (SSSR count). The summed E-state index contributed by atoms with van der Waals surface area (Å²) in [5, 5.41) is 18.5. The molecule has 14 heteroatoms. The van der Waals surface area contributed by atoms with E-state index in [0.29, 0.717) is 11.4 Å². The molecule has 1 unspecified atom stereocenters. The van der Waals surface area contributed by atoms with Crippen LogP contribution in [0, 0.1) is 0 Å². The summed E-state index contributed by atoms with van der Waals surface area (Å²) in [6, 6.07) is 10.9. The number of aliphatic imine (C=N–C) groups is 1. The topological polar surface area (TPSA) is 146 Å². The molecular weight excluding hydrogens is 524 g/mol. The Morgan fingerprint density at radius 3 is 2.17 bits per heavy atom. The molecule has 2 amide bonds. The van der Waals surface area contributed by atoms with Gasteiger partial charge >= 0.3 is 11.5 Å². The minimum atomic E-state index is -3.86. The number of amides is 2. The van der Waals surface area contributed by atoms with Crippen LogP contribution in [0.15, 0.2) is 53.5 Å². The summed E-state index contributed by atoms with van der Waals surface area (Å²) in [7, 11) is 1.46. The van der Waals surface area contributed by atoms with Crippen molar-refractivity contribution in [2.75, 3.05) is 17.3 Å². The minimum Gasteiger partial charge on any atom is -0.481 e. The second kappa shape index (κ2) is 12.3. The molecule has 0 aromatic heterocycles. The number of thioether (sulfide) groups is 1. The molecule has 36 heavy (non-hydrogen) atoms. The van der Waals surface area contributed by atoms with Gasteiger partial charge in [-0.2, -0.15) is 0 Å². The molecule has 2 aromatic rings. The van der Waals surface area contributed by atoms with Crippen LogP contribution in [0.4, 0.5) is 20.2 Å². The molecule has 0 spiro atoms. The van der Waals surface area contributed by atoms with E-state index < -0.39 is 34.6 Å². The van der Waals surface area contributed by atoms with Gasteiger partial charge in [0, 0.05) is 37.7 Å². The number of aromatic carboxylic acids is 1. The maximum absolute atomic E-state index is 12.8. The summed E-state index contributed by atoms with van der Waals surface area (Å²) in [4.78, 5) is 50.7. The van der Waals surface area contributed by atoms with E-state index in [0.717, 1.165) is 18.7 Å². The number of carboxylic acid groups (broad SMARTS) is 2. The van der Waals surface area contributed by atoms with E-state index in [9.17, 15) is 23.2 Å². The van der Waals surface area contributed by atoms with E-state index in [1.165, 1.54) is 60.5 Å². The van der Waals surface area contributed by atoms with Gasteiger partial charge in [-0.05, 0) is 48.5 Å². The Balaban J connectivity index is 0.00000106. The van der Waals surface area contributed by atoms with Crippen molar-refractivity contribution in [3.63, 3.8) is 0 Å². The first-order valence-electron chi connectivity index (χ1n) is 9.96. The molecule has 0 saturated carbocycles. The third-order valence-corrected chi connectivity index (χ3v) is 5.58. The lowest BCUT2D eigenvalue weighted by Gasteiger charge is -2.31. The lowest BCUT2D eigenvalue weighted by atomic mass is 10.2. The number of rotatable bonds is 6. The van der Waals surface area contributed by atoms with Crippen molar-refractivity contribution in [3.05, 3.63) is 54.1 Å². The standard InChI is InChI=1S/C20H16ClF2N3O5S.C2H4O2/c1-24-19-26(13-6-8-14(9-7-13)31-20(21,22)23)16(27)10-15(32-19)17(28)25-12-4-2-11(3-5-12)18(29)30;1-2(3)4/h2-9,15H,10H2,1H3,(H,25,28)(H,29,30);1H3,(H,3,4). The van der Waals surface area contributed by atoms with Crippen molar-refractivity contribution in [1.82, 2.24) is 0 Å². The molecule has 1 saturated heterocycles. The number of amidine groups is 1. The molecule has 2 aromatic carbocycles. The highest BCUT2D eigenvalue weighted by atomic mass is 35.5. The Hall–Kier alpha value is -3.71. The number of ether oxygens (including phenoxy) is 1. The van der Waals surface area contributed by atoms with Crippen LogP contribution in [0.1, 0.15) is 23.7 Å². The number of carbonyl (C=O) groups excluding carboxylic acids is 2. The third kappa shape index (κ3) is 8.50. The van der Waals surface area contributed by atoms with Gasteiger partial charge in [0.15, 0.2) is 5.17 Å². The number of anilines is 2. The van der Waals surface area contributed by atoms with E-state index in [-0.39, 0.29) is 22.9 Å². The average Bonchev–Trinajstić information content (AvgIpc) is 2.78. The van der Waals surface area contributed by atoms with Crippen molar-refractivity contribution < 1.29 is 42.9 Å². The first-order chi connectivity index (χ1) is 16.8. The summed E-state index contributed by atoms with van der Waals surface area (Å²) in [5.41, 5.74) is -3.04. The van der Waals surface area contributed by atoms with Crippen molar-refractivity contribution in [3.8, 4) is 5.75 Å². The van der Waals surface area contributed by atoms with Crippen molar-refractivity contribution >= 4 is 63.7 Å². The molecule has 1 aliphatic heterocycles. The first-order valence-corrected chi connectivity index (χ1v) is 11.2. The smallest absolute Gasteiger partial charge is 0.481 e. The van der Waals surface area contributed by atoms with E-state index >= 15 is 0 Å². The summed E-state index contributed by atoms with van der Waals surface area (Å²) < 4.78 is 29.8. The fraction of sp³-hybridized carbons (Fsp3) is 0.227. The van der Waals surface area contributed by atoms with Crippen LogP contribution in [0.2, 0.25) is 0 Å². The number of nitrogens with zero attached hydrogens (tertiary/aromatic N) is 2.